The maximum absolute atomic E-state index is 13.6. The van der Waals surface area contributed by atoms with Gasteiger partial charge in [0.2, 0.25) is 10.0 Å². The molecule has 0 saturated carbocycles. The smallest absolute Gasteiger partial charge is 0.256 e. The third-order valence-electron chi connectivity index (χ3n) is 5.32. The Morgan fingerprint density at radius 1 is 1.34 bits per heavy atom. The van der Waals surface area contributed by atoms with Gasteiger partial charge in [0.25, 0.3) is 5.91 Å². The number of carbonyl (C=O) groups excluding carboxylic acids is 1. The molecule has 0 radical (unpaired) electrons. The van der Waals surface area contributed by atoms with Crippen LogP contribution in [0.4, 0.5) is 5.69 Å². The number of H-pyrrole nitrogens is 1. The molecule has 1 fully saturated rings. The van der Waals surface area contributed by atoms with Gasteiger partial charge >= 0.3 is 0 Å². The highest BCUT2D eigenvalue weighted by molar-refractivity contribution is 7.89. The summed E-state index contributed by atoms with van der Waals surface area (Å²) in [7, 11) is -3.77. The number of amides is 1. The summed E-state index contributed by atoms with van der Waals surface area (Å²) in [6.07, 6.45) is 4.80. The number of sulfonamides is 1. The Hall–Kier alpha value is -2.49. The normalized spacial score (nSPS) is 21.8. The molecule has 8 nitrogen and oxygen atoms in total. The summed E-state index contributed by atoms with van der Waals surface area (Å²) in [5.74, 6) is 0.489. The van der Waals surface area contributed by atoms with Crippen LogP contribution in [0.2, 0.25) is 0 Å². The van der Waals surface area contributed by atoms with E-state index in [1.807, 2.05) is 13.8 Å². The minimum Gasteiger partial charge on any atom is -0.342 e. The van der Waals surface area contributed by atoms with Crippen LogP contribution >= 0.6 is 0 Å². The molecule has 1 saturated heterocycles. The van der Waals surface area contributed by atoms with E-state index in [2.05, 4.69) is 20.6 Å². The van der Waals surface area contributed by atoms with Crippen LogP contribution in [0, 0.1) is 0 Å². The second kappa shape index (κ2) is 7.74. The molecule has 1 atom stereocenters. The maximum atomic E-state index is 13.6. The van der Waals surface area contributed by atoms with Crippen LogP contribution in [-0.4, -0.2) is 54.3 Å². The Labute approximate surface area is 170 Å². The number of imidazole rings is 1. The first-order valence-corrected chi connectivity index (χ1v) is 11.3. The number of aryl methyl sites for hydroxylation is 1. The number of anilines is 1. The van der Waals surface area contributed by atoms with E-state index in [1.54, 1.807) is 30.5 Å². The van der Waals surface area contributed by atoms with E-state index >= 15 is 0 Å². The molecule has 29 heavy (non-hydrogen) atoms. The third-order valence-corrected chi connectivity index (χ3v) is 7.38. The van der Waals surface area contributed by atoms with Gasteiger partial charge < -0.3 is 15.6 Å². The minimum atomic E-state index is -3.77. The number of hydrogen-bond acceptors (Lipinski definition) is 5. The molecule has 9 heteroatoms. The molecule has 1 amide bonds. The summed E-state index contributed by atoms with van der Waals surface area (Å²) in [5.41, 5.74) is 1.93. The molecule has 154 valence electrons. The molecule has 3 heterocycles. The Balaban J connectivity index is 1.82. The topological polar surface area (TPSA) is 107 Å². The van der Waals surface area contributed by atoms with Crippen molar-refractivity contribution in [1.29, 1.82) is 0 Å². The Morgan fingerprint density at radius 2 is 2.17 bits per heavy atom. The van der Waals surface area contributed by atoms with Gasteiger partial charge in [0.15, 0.2) is 0 Å². The molecule has 3 N–H and O–H groups in total. The number of carbonyl (C=O) groups is 1. The van der Waals surface area contributed by atoms with Gasteiger partial charge in [-0.1, -0.05) is 13.0 Å². The Morgan fingerprint density at radius 3 is 2.93 bits per heavy atom. The van der Waals surface area contributed by atoms with Crippen LogP contribution in [0.5, 0.6) is 0 Å². The van der Waals surface area contributed by atoms with E-state index in [0.29, 0.717) is 35.6 Å². The van der Waals surface area contributed by atoms with Crippen molar-refractivity contribution in [1.82, 2.24) is 19.6 Å². The highest BCUT2D eigenvalue weighted by Gasteiger charge is 2.36. The average molecular weight is 416 g/mol. The number of hydrogen-bond donors (Lipinski definition) is 3. The first kappa shape index (κ1) is 19.8. The molecule has 1 unspecified atom stereocenters. The van der Waals surface area contributed by atoms with Crippen molar-refractivity contribution in [2.24, 2.45) is 0 Å². The zero-order valence-electron chi connectivity index (χ0n) is 16.5. The average Bonchev–Trinajstić information content (AvgIpc) is 3.20. The number of rotatable bonds is 4. The molecule has 1 aromatic carbocycles. The number of fused-ring (bicyclic) bond motifs is 1. The lowest BCUT2D eigenvalue weighted by Gasteiger charge is -2.26. The standard InChI is InChI=1S/C20H25N5O3S/c1-3-18-22-12-14(23-18)10-15-19-16(24-20(15)26)6-4-7-17(19)29(27,28)25-9-5-8-21-11-13(25)2/h4,6-7,10,12-13,21H,3,5,8-9,11H2,1-2H3,(H,22,23)(H,24,26). The van der Waals surface area contributed by atoms with Crippen molar-refractivity contribution in [3.05, 3.63) is 41.5 Å². The quantitative estimate of drug-likeness (QED) is 0.661. The van der Waals surface area contributed by atoms with Gasteiger partial charge in [0.05, 0.1) is 28.0 Å². The highest BCUT2D eigenvalue weighted by Crippen LogP contribution is 2.39. The predicted molar refractivity (Wildman–Crippen MR) is 112 cm³/mol. The predicted octanol–water partition coefficient (Wildman–Crippen LogP) is 1.84. The lowest BCUT2D eigenvalue weighted by atomic mass is 10.1. The molecule has 0 bridgehead atoms. The van der Waals surface area contributed by atoms with Gasteiger partial charge in [-0.2, -0.15) is 4.31 Å². The summed E-state index contributed by atoms with van der Waals surface area (Å²) < 4.78 is 28.7. The molecule has 2 aliphatic heterocycles. The monoisotopic (exact) mass is 415 g/mol. The van der Waals surface area contributed by atoms with E-state index < -0.39 is 10.0 Å². The SMILES string of the molecule is CCc1ncc(C=C2C(=O)Nc3cccc(S(=O)(=O)N4CCCNCC4C)c32)[nH]1. The van der Waals surface area contributed by atoms with Crippen LogP contribution in [0.25, 0.3) is 11.6 Å². The van der Waals surface area contributed by atoms with Crippen molar-refractivity contribution in [2.45, 2.75) is 37.6 Å². The zero-order chi connectivity index (χ0) is 20.6. The molecule has 0 aliphatic carbocycles. The zero-order valence-corrected chi connectivity index (χ0v) is 17.3. The molecular formula is C20H25N5O3S. The van der Waals surface area contributed by atoms with Crippen molar-refractivity contribution < 1.29 is 13.2 Å². The maximum Gasteiger partial charge on any atom is 0.256 e. The van der Waals surface area contributed by atoms with Crippen LogP contribution < -0.4 is 10.6 Å². The largest absolute Gasteiger partial charge is 0.342 e. The Bertz CT molecular complexity index is 1070. The molecule has 2 aliphatic rings. The number of nitrogens with one attached hydrogen (secondary N) is 3. The number of aromatic nitrogens is 2. The lowest BCUT2D eigenvalue weighted by molar-refractivity contribution is -0.110. The Kier molecular flexibility index (Phi) is 5.28. The van der Waals surface area contributed by atoms with E-state index in [4.69, 9.17) is 0 Å². The number of benzene rings is 1. The van der Waals surface area contributed by atoms with Crippen LogP contribution in [0.3, 0.4) is 0 Å². The van der Waals surface area contributed by atoms with Gasteiger partial charge in [0, 0.05) is 31.1 Å². The molecule has 0 spiro atoms. The summed E-state index contributed by atoms with van der Waals surface area (Å²) in [5, 5.41) is 6.05. The second-order valence-electron chi connectivity index (χ2n) is 7.35. The highest BCUT2D eigenvalue weighted by atomic mass is 32.2. The van der Waals surface area contributed by atoms with E-state index in [-0.39, 0.29) is 16.8 Å². The minimum absolute atomic E-state index is 0.156. The molecule has 4 rings (SSSR count). The second-order valence-corrected chi connectivity index (χ2v) is 9.21. The summed E-state index contributed by atoms with van der Waals surface area (Å²) in [6, 6.07) is 4.81. The van der Waals surface area contributed by atoms with Gasteiger partial charge in [-0.25, -0.2) is 13.4 Å². The van der Waals surface area contributed by atoms with Crippen LogP contribution in [0.15, 0.2) is 29.3 Å². The molecular weight excluding hydrogens is 390 g/mol. The van der Waals surface area contributed by atoms with Gasteiger partial charge in [-0.15, -0.1) is 0 Å². The van der Waals surface area contributed by atoms with E-state index in [1.165, 1.54) is 4.31 Å². The first-order chi connectivity index (χ1) is 13.9. The van der Waals surface area contributed by atoms with Gasteiger partial charge in [0.1, 0.15) is 5.82 Å². The molecule has 2 aromatic rings. The number of nitrogens with zero attached hydrogens (tertiary/aromatic N) is 2. The molecule has 1 aromatic heterocycles. The summed E-state index contributed by atoms with van der Waals surface area (Å²) in [6.45, 7) is 5.71. The van der Waals surface area contributed by atoms with E-state index in [9.17, 15) is 13.2 Å². The van der Waals surface area contributed by atoms with Gasteiger partial charge in [-0.3, -0.25) is 4.79 Å². The fourth-order valence-corrected chi connectivity index (χ4v) is 5.73. The third kappa shape index (κ3) is 3.61. The number of aromatic amines is 1. The van der Waals surface area contributed by atoms with Crippen LogP contribution in [-0.2, 0) is 21.2 Å². The van der Waals surface area contributed by atoms with Gasteiger partial charge in [-0.05, 0) is 38.1 Å². The van der Waals surface area contributed by atoms with Crippen molar-refractivity contribution in [3.8, 4) is 0 Å². The van der Waals surface area contributed by atoms with E-state index in [0.717, 1.165) is 25.2 Å². The first-order valence-electron chi connectivity index (χ1n) is 9.84. The summed E-state index contributed by atoms with van der Waals surface area (Å²) >= 11 is 0. The fraction of sp³-hybridized carbons (Fsp3) is 0.400. The van der Waals surface area contributed by atoms with Crippen molar-refractivity contribution >= 4 is 33.3 Å². The van der Waals surface area contributed by atoms with Crippen molar-refractivity contribution in [3.63, 3.8) is 0 Å². The van der Waals surface area contributed by atoms with Crippen LogP contribution in [0.1, 0.15) is 37.4 Å². The summed E-state index contributed by atoms with van der Waals surface area (Å²) in [4.78, 5) is 20.2. The fourth-order valence-electron chi connectivity index (χ4n) is 3.83. The lowest BCUT2D eigenvalue weighted by Crippen LogP contribution is -2.41. The van der Waals surface area contributed by atoms with Crippen molar-refractivity contribution in [2.75, 3.05) is 25.0 Å².